The molecule has 0 heterocycles. The highest BCUT2D eigenvalue weighted by Crippen LogP contribution is 2.07. The van der Waals surface area contributed by atoms with Crippen LogP contribution in [0, 0.1) is 0 Å². The van der Waals surface area contributed by atoms with E-state index in [4.69, 9.17) is 5.73 Å². The standard InChI is InChI=1S/C9H12BrN/c10-7-1-2-8-3-5-9(11)6-4-8/h3-6H,1-2,7,11H2. The smallest absolute Gasteiger partial charge is 0.0314 e. The zero-order valence-electron chi connectivity index (χ0n) is 6.39. The highest BCUT2D eigenvalue weighted by atomic mass is 79.9. The summed E-state index contributed by atoms with van der Waals surface area (Å²) in [5, 5.41) is 1.07. The number of halogens is 1. The first-order valence-corrected chi connectivity index (χ1v) is 4.85. The van der Waals surface area contributed by atoms with Crippen molar-refractivity contribution in [1.29, 1.82) is 0 Å². The fourth-order valence-electron chi connectivity index (χ4n) is 0.955. The minimum atomic E-state index is 0.840. The topological polar surface area (TPSA) is 26.0 Å². The van der Waals surface area contributed by atoms with Crippen molar-refractivity contribution >= 4 is 21.6 Å². The number of alkyl halides is 1. The van der Waals surface area contributed by atoms with E-state index >= 15 is 0 Å². The number of benzene rings is 1. The molecule has 0 aromatic heterocycles. The van der Waals surface area contributed by atoms with Crippen LogP contribution in [-0.2, 0) is 6.42 Å². The Labute approximate surface area is 75.7 Å². The predicted molar refractivity (Wildman–Crippen MR) is 53.0 cm³/mol. The largest absolute Gasteiger partial charge is 0.399 e. The molecule has 60 valence electrons. The summed E-state index contributed by atoms with van der Waals surface area (Å²) >= 11 is 3.40. The first kappa shape index (κ1) is 8.60. The van der Waals surface area contributed by atoms with Crippen LogP contribution in [0.15, 0.2) is 24.3 Å². The first-order chi connectivity index (χ1) is 5.33. The van der Waals surface area contributed by atoms with Gasteiger partial charge in [-0.2, -0.15) is 0 Å². The Hall–Kier alpha value is -0.500. The van der Waals surface area contributed by atoms with Crippen LogP contribution in [0.4, 0.5) is 5.69 Å². The van der Waals surface area contributed by atoms with Crippen molar-refractivity contribution in [3.8, 4) is 0 Å². The highest BCUT2D eigenvalue weighted by Gasteiger charge is 1.90. The maximum atomic E-state index is 5.55. The van der Waals surface area contributed by atoms with E-state index in [0.29, 0.717) is 0 Å². The molecule has 0 bridgehead atoms. The number of hydrogen-bond donors (Lipinski definition) is 1. The van der Waals surface area contributed by atoms with Crippen molar-refractivity contribution in [2.75, 3.05) is 11.1 Å². The van der Waals surface area contributed by atoms with Crippen molar-refractivity contribution in [2.45, 2.75) is 12.8 Å². The Morgan fingerprint density at radius 3 is 2.36 bits per heavy atom. The van der Waals surface area contributed by atoms with Gasteiger partial charge < -0.3 is 5.73 Å². The third-order valence-electron chi connectivity index (χ3n) is 1.58. The number of aryl methyl sites for hydroxylation is 1. The van der Waals surface area contributed by atoms with Crippen LogP contribution >= 0.6 is 15.9 Å². The van der Waals surface area contributed by atoms with Gasteiger partial charge in [0.2, 0.25) is 0 Å². The third-order valence-corrected chi connectivity index (χ3v) is 2.14. The van der Waals surface area contributed by atoms with E-state index < -0.39 is 0 Å². The summed E-state index contributed by atoms with van der Waals surface area (Å²) in [6, 6.07) is 8.06. The van der Waals surface area contributed by atoms with Crippen LogP contribution < -0.4 is 5.73 Å². The summed E-state index contributed by atoms with van der Waals surface area (Å²) in [5.74, 6) is 0. The minimum absolute atomic E-state index is 0.840. The molecule has 1 aromatic carbocycles. The van der Waals surface area contributed by atoms with E-state index in [0.717, 1.165) is 17.4 Å². The number of rotatable bonds is 3. The van der Waals surface area contributed by atoms with Crippen LogP contribution in [0.2, 0.25) is 0 Å². The molecule has 1 aromatic rings. The highest BCUT2D eigenvalue weighted by molar-refractivity contribution is 9.09. The molecule has 2 heteroatoms. The molecule has 1 nitrogen and oxygen atoms in total. The van der Waals surface area contributed by atoms with Gasteiger partial charge in [0.25, 0.3) is 0 Å². The number of anilines is 1. The predicted octanol–water partition coefficient (Wildman–Crippen LogP) is 2.60. The van der Waals surface area contributed by atoms with Crippen LogP contribution in [0.5, 0.6) is 0 Å². The Bertz CT molecular complexity index is 205. The molecule has 0 atom stereocenters. The van der Waals surface area contributed by atoms with E-state index in [-0.39, 0.29) is 0 Å². The lowest BCUT2D eigenvalue weighted by atomic mass is 10.1. The summed E-state index contributed by atoms with van der Waals surface area (Å²) in [4.78, 5) is 0. The lowest BCUT2D eigenvalue weighted by molar-refractivity contribution is 0.940. The molecule has 0 radical (unpaired) electrons. The summed E-state index contributed by atoms with van der Waals surface area (Å²) in [6.45, 7) is 0. The molecule has 0 unspecified atom stereocenters. The van der Waals surface area contributed by atoms with Gasteiger partial charge in [-0.05, 0) is 30.5 Å². The summed E-state index contributed by atoms with van der Waals surface area (Å²) in [7, 11) is 0. The lowest BCUT2D eigenvalue weighted by Crippen LogP contribution is -1.88. The van der Waals surface area contributed by atoms with Gasteiger partial charge in [0.05, 0.1) is 0 Å². The molecule has 0 saturated heterocycles. The normalized spacial score (nSPS) is 9.91. The second kappa shape index (κ2) is 4.39. The number of hydrogen-bond acceptors (Lipinski definition) is 1. The third kappa shape index (κ3) is 2.93. The molecule has 0 amide bonds. The molecule has 2 N–H and O–H groups in total. The summed E-state index contributed by atoms with van der Waals surface area (Å²) in [6.07, 6.45) is 2.31. The number of nitrogens with two attached hydrogens (primary N) is 1. The van der Waals surface area contributed by atoms with E-state index in [9.17, 15) is 0 Å². The van der Waals surface area contributed by atoms with E-state index in [1.165, 1.54) is 12.0 Å². The average molecular weight is 214 g/mol. The van der Waals surface area contributed by atoms with E-state index in [1.807, 2.05) is 12.1 Å². The van der Waals surface area contributed by atoms with Crippen LogP contribution in [0.25, 0.3) is 0 Å². The molecular formula is C9H12BrN. The molecule has 1 rings (SSSR count). The van der Waals surface area contributed by atoms with Gasteiger partial charge in [-0.1, -0.05) is 28.1 Å². The molecule has 0 aliphatic heterocycles. The van der Waals surface area contributed by atoms with Crippen LogP contribution in [0.3, 0.4) is 0 Å². The Morgan fingerprint density at radius 2 is 1.82 bits per heavy atom. The molecule has 0 aliphatic rings. The molecule has 0 saturated carbocycles. The van der Waals surface area contributed by atoms with Crippen molar-refractivity contribution in [1.82, 2.24) is 0 Å². The average Bonchev–Trinajstić information content (AvgIpc) is 2.04. The van der Waals surface area contributed by atoms with Crippen molar-refractivity contribution < 1.29 is 0 Å². The first-order valence-electron chi connectivity index (χ1n) is 3.73. The lowest BCUT2D eigenvalue weighted by Gasteiger charge is -1.98. The fraction of sp³-hybridized carbons (Fsp3) is 0.333. The monoisotopic (exact) mass is 213 g/mol. The maximum absolute atomic E-state index is 5.55. The van der Waals surface area contributed by atoms with Gasteiger partial charge in [-0.15, -0.1) is 0 Å². The van der Waals surface area contributed by atoms with Crippen molar-refractivity contribution in [2.24, 2.45) is 0 Å². The SMILES string of the molecule is Nc1ccc(CCCBr)cc1. The quantitative estimate of drug-likeness (QED) is 0.607. The zero-order chi connectivity index (χ0) is 8.10. The van der Waals surface area contributed by atoms with Crippen molar-refractivity contribution in [3.05, 3.63) is 29.8 Å². The zero-order valence-corrected chi connectivity index (χ0v) is 7.97. The maximum Gasteiger partial charge on any atom is 0.0314 e. The Balaban J connectivity index is 2.52. The minimum Gasteiger partial charge on any atom is -0.399 e. The number of nitrogen functional groups attached to an aromatic ring is 1. The fourth-order valence-corrected chi connectivity index (χ4v) is 1.24. The van der Waals surface area contributed by atoms with Gasteiger partial charge in [-0.3, -0.25) is 0 Å². The summed E-state index contributed by atoms with van der Waals surface area (Å²) < 4.78 is 0. The molecule has 11 heavy (non-hydrogen) atoms. The molecular weight excluding hydrogens is 202 g/mol. The second-order valence-electron chi connectivity index (χ2n) is 2.53. The summed E-state index contributed by atoms with van der Waals surface area (Å²) in [5.41, 5.74) is 7.75. The van der Waals surface area contributed by atoms with Gasteiger partial charge >= 0.3 is 0 Å². The Kier molecular flexibility index (Phi) is 3.43. The van der Waals surface area contributed by atoms with E-state index in [1.54, 1.807) is 0 Å². The Morgan fingerprint density at radius 1 is 1.18 bits per heavy atom. The van der Waals surface area contributed by atoms with Gasteiger partial charge in [0.15, 0.2) is 0 Å². The van der Waals surface area contributed by atoms with Gasteiger partial charge in [0, 0.05) is 11.0 Å². The molecule has 0 fully saturated rings. The van der Waals surface area contributed by atoms with Crippen molar-refractivity contribution in [3.63, 3.8) is 0 Å². The van der Waals surface area contributed by atoms with Crippen LogP contribution in [-0.4, -0.2) is 5.33 Å². The second-order valence-corrected chi connectivity index (χ2v) is 3.33. The molecule has 0 spiro atoms. The molecule has 0 aliphatic carbocycles. The van der Waals surface area contributed by atoms with Gasteiger partial charge in [0.1, 0.15) is 0 Å². The van der Waals surface area contributed by atoms with E-state index in [2.05, 4.69) is 28.1 Å². The van der Waals surface area contributed by atoms with Crippen LogP contribution in [0.1, 0.15) is 12.0 Å². The van der Waals surface area contributed by atoms with Gasteiger partial charge in [-0.25, -0.2) is 0 Å².